The second-order valence-corrected chi connectivity index (χ2v) is 11.4. The van der Waals surface area contributed by atoms with Crippen LogP contribution in [-0.4, -0.2) is 33.3 Å². The van der Waals surface area contributed by atoms with Crippen molar-refractivity contribution in [1.29, 1.82) is 0 Å². The number of rotatable bonds is 11. The molecule has 2 aliphatic carbocycles. The summed E-state index contributed by atoms with van der Waals surface area (Å²) in [4.78, 5) is 0. The first-order valence-corrected chi connectivity index (χ1v) is 13.8. The highest BCUT2D eigenvalue weighted by Gasteiger charge is 2.30. The quantitative estimate of drug-likeness (QED) is 0.470. The molecule has 4 rings (SSSR count). The Morgan fingerprint density at radius 3 is 2.52 bits per heavy atom. The first kappa shape index (κ1) is 24.3. The Balaban J connectivity index is 1.45. The number of likely N-dealkylation sites (N-methyl/N-ethyl adjacent to an activating group) is 1. The molecule has 2 aromatic rings. The molecule has 180 valence electrons. The van der Waals surface area contributed by atoms with Gasteiger partial charge in [-0.2, -0.15) is 0 Å². The maximum atomic E-state index is 13.8. The summed E-state index contributed by atoms with van der Waals surface area (Å²) in [7, 11) is -3.17. The zero-order chi connectivity index (χ0) is 23.4. The van der Waals surface area contributed by atoms with Crippen molar-refractivity contribution >= 4 is 10.0 Å². The van der Waals surface area contributed by atoms with Gasteiger partial charge in [0.2, 0.25) is 10.0 Å². The largest absolute Gasteiger partial charge is 0.314 e. The van der Waals surface area contributed by atoms with Crippen molar-refractivity contribution in [1.82, 2.24) is 10.0 Å². The van der Waals surface area contributed by atoms with Crippen LogP contribution in [0.2, 0.25) is 0 Å². The van der Waals surface area contributed by atoms with Crippen LogP contribution in [0.5, 0.6) is 0 Å². The fourth-order valence-electron chi connectivity index (χ4n) is 4.95. The van der Waals surface area contributed by atoms with Gasteiger partial charge in [0.05, 0.1) is 5.75 Å². The van der Waals surface area contributed by atoms with E-state index in [0.717, 1.165) is 50.6 Å². The minimum Gasteiger partial charge on any atom is -0.314 e. The number of aryl methyl sites for hydroxylation is 2. The van der Waals surface area contributed by atoms with Gasteiger partial charge in [0.15, 0.2) is 11.6 Å². The van der Waals surface area contributed by atoms with Gasteiger partial charge in [0, 0.05) is 18.5 Å². The second-order valence-electron chi connectivity index (χ2n) is 9.52. The predicted molar refractivity (Wildman–Crippen MR) is 128 cm³/mol. The zero-order valence-corrected chi connectivity index (χ0v) is 20.1. The SMILES string of the molecule is CCNC1CCc2ccc(CCCNS(=O)(=O)CC3CC3)cc2C1Cc1ccc(F)c(F)c1. The summed E-state index contributed by atoms with van der Waals surface area (Å²) in [6.07, 6.45) is 6.23. The number of sulfonamides is 1. The number of benzene rings is 2. The molecule has 2 aromatic carbocycles. The van der Waals surface area contributed by atoms with Gasteiger partial charge in [-0.25, -0.2) is 21.9 Å². The van der Waals surface area contributed by atoms with Crippen LogP contribution in [0, 0.1) is 17.6 Å². The van der Waals surface area contributed by atoms with E-state index in [-0.39, 0.29) is 17.7 Å². The van der Waals surface area contributed by atoms with E-state index < -0.39 is 21.7 Å². The zero-order valence-electron chi connectivity index (χ0n) is 19.2. The molecular formula is C26H34F2N2O2S. The molecule has 4 nitrogen and oxygen atoms in total. The molecule has 2 unspecified atom stereocenters. The topological polar surface area (TPSA) is 58.2 Å². The van der Waals surface area contributed by atoms with Crippen molar-refractivity contribution in [2.24, 2.45) is 5.92 Å². The molecule has 1 saturated carbocycles. The van der Waals surface area contributed by atoms with Gasteiger partial charge in [-0.05, 0) is 91.8 Å². The third kappa shape index (κ3) is 6.61. The Hall–Kier alpha value is -1.83. The fourth-order valence-corrected chi connectivity index (χ4v) is 6.48. The molecule has 0 spiro atoms. The van der Waals surface area contributed by atoms with E-state index >= 15 is 0 Å². The Labute approximate surface area is 196 Å². The average molecular weight is 477 g/mol. The molecule has 2 aliphatic rings. The van der Waals surface area contributed by atoms with Gasteiger partial charge in [-0.15, -0.1) is 0 Å². The lowest BCUT2D eigenvalue weighted by Gasteiger charge is -2.35. The monoisotopic (exact) mass is 476 g/mol. The van der Waals surface area contributed by atoms with Crippen LogP contribution in [0.1, 0.15) is 60.8 Å². The maximum absolute atomic E-state index is 13.8. The maximum Gasteiger partial charge on any atom is 0.211 e. The van der Waals surface area contributed by atoms with Gasteiger partial charge in [0.1, 0.15) is 0 Å². The van der Waals surface area contributed by atoms with Crippen LogP contribution in [0.3, 0.4) is 0 Å². The van der Waals surface area contributed by atoms with Crippen molar-refractivity contribution in [3.8, 4) is 0 Å². The van der Waals surface area contributed by atoms with Gasteiger partial charge in [0.25, 0.3) is 0 Å². The lowest BCUT2D eigenvalue weighted by Crippen LogP contribution is -2.39. The van der Waals surface area contributed by atoms with Crippen LogP contribution in [-0.2, 0) is 29.3 Å². The third-order valence-electron chi connectivity index (χ3n) is 6.84. The Bertz CT molecular complexity index is 1070. The van der Waals surface area contributed by atoms with Gasteiger partial charge in [-0.3, -0.25) is 0 Å². The highest BCUT2D eigenvalue weighted by atomic mass is 32.2. The molecule has 0 aliphatic heterocycles. The van der Waals surface area contributed by atoms with E-state index in [9.17, 15) is 17.2 Å². The molecule has 0 saturated heterocycles. The summed E-state index contributed by atoms with van der Waals surface area (Å²) in [5.41, 5.74) is 4.56. The Kier molecular flexibility index (Phi) is 7.82. The molecular weight excluding hydrogens is 442 g/mol. The molecule has 0 bridgehead atoms. The van der Waals surface area contributed by atoms with Crippen molar-refractivity contribution in [3.63, 3.8) is 0 Å². The van der Waals surface area contributed by atoms with Crippen molar-refractivity contribution < 1.29 is 17.2 Å². The highest BCUT2D eigenvalue weighted by molar-refractivity contribution is 7.89. The number of nitrogens with one attached hydrogen (secondary N) is 2. The predicted octanol–water partition coefficient (Wildman–Crippen LogP) is 4.48. The Morgan fingerprint density at radius 1 is 1.00 bits per heavy atom. The van der Waals surface area contributed by atoms with Crippen LogP contribution < -0.4 is 10.0 Å². The van der Waals surface area contributed by atoms with Gasteiger partial charge in [-0.1, -0.05) is 31.2 Å². The van der Waals surface area contributed by atoms with Gasteiger partial charge < -0.3 is 5.32 Å². The molecule has 0 heterocycles. The van der Waals surface area contributed by atoms with Crippen LogP contribution in [0.25, 0.3) is 0 Å². The second kappa shape index (κ2) is 10.6. The molecule has 33 heavy (non-hydrogen) atoms. The van der Waals surface area contributed by atoms with Crippen molar-refractivity contribution in [2.75, 3.05) is 18.8 Å². The molecule has 1 fully saturated rings. The van der Waals surface area contributed by atoms with Crippen LogP contribution in [0.15, 0.2) is 36.4 Å². The van der Waals surface area contributed by atoms with Crippen molar-refractivity contribution in [2.45, 2.75) is 63.8 Å². The lowest BCUT2D eigenvalue weighted by molar-refractivity contribution is 0.391. The third-order valence-corrected chi connectivity index (χ3v) is 8.40. The molecule has 2 N–H and O–H groups in total. The van der Waals surface area contributed by atoms with E-state index in [4.69, 9.17) is 0 Å². The molecule has 0 amide bonds. The minimum absolute atomic E-state index is 0.176. The number of hydrogen-bond donors (Lipinski definition) is 2. The van der Waals surface area contributed by atoms with E-state index in [1.165, 1.54) is 28.8 Å². The lowest BCUT2D eigenvalue weighted by atomic mass is 9.75. The number of fused-ring (bicyclic) bond motifs is 1. The van der Waals surface area contributed by atoms with Gasteiger partial charge >= 0.3 is 0 Å². The summed E-state index contributed by atoms with van der Waals surface area (Å²) in [5.74, 6) is -0.846. The number of hydrogen-bond acceptors (Lipinski definition) is 3. The summed E-state index contributed by atoms with van der Waals surface area (Å²) in [6.45, 7) is 3.39. The van der Waals surface area contributed by atoms with E-state index in [1.54, 1.807) is 6.07 Å². The summed E-state index contributed by atoms with van der Waals surface area (Å²) >= 11 is 0. The smallest absolute Gasteiger partial charge is 0.211 e. The van der Waals surface area contributed by atoms with E-state index in [2.05, 4.69) is 35.2 Å². The summed E-state index contributed by atoms with van der Waals surface area (Å²) < 4.78 is 54.1. The first-order valence-electron chi connectivity index (χ1n) is 12.1. The summed E-state index contributed by atoms with van der Waals surface area (Å²) in [6, 6.07) is 11.0. The number of halogens is 2. The van der Waals surface area contributed by atoms with Crippen molar-refractivity contribution in [3.05, 3.63) is 70.3 Å². The first-order chi connectivity index (χ1) is 15.8. The van der Waals surface area contributed by atoms with Crippen LogP contribution in [0.4, 0.5) is 8.78 Å². The normalized spacial score (nSPS) is 20.6. The van der Waals surface area contributed by atoms with E-state index in [0.29, 0.717) is 18.9 Å². The molecule has 0 radical (unpaired) electrons. The minimum atomic E-state index is -3.17. The fraction of sp³-hybridized carbons (Fsp3) is 0.538. The standard InChI is InChI=1S/C26H34F2N2O2S/c1-2-29-26-12-10-21-9-7-18(4-3-13-30-33(31,32)17-19-5-6-19)14-22(21)23(26)15-20-8-11-24(27)25(28)16-20/h7-9,11,14,16,19,23,26,29-30H,2-6,10,12-13,15,17H2,1H3. The highest BCUT2D eigenvalue weighted by Crippen LogP contribution is 2.36. The molecule has 0 aromatic heterocycles. The molecule has 7 heteroatoms. The Morgan fingerprint density at radius 2 is 1.79 bits per heavy atom. The average Bonchev–Trinajstić information content (AvgIpc) is 3.59. The molecule has 2 atom stereocenters. The summed E-state index contributed by atoms with van der Waals surface area (Å²) in [5, 5.41) is 3.59. The van der Waals surface area contributed by atoms with E-state index in [1.807, 2.05) is 0 Å². The van der Waals surface area contributed by atoms with Crippen LogP contribution >= 0.6 is 0 Å².